The highest BCUT2D eigenvalue weighted by molar-refractivity contribution is 5.90. The van der Waals surface area contributed by atoms with E-state index in [0.29, 0.717) is 0 Å². The van der Waals surface area contributed by atoms with Gasteiger partial charge in [0, 0.05) is 12.1 Å². The molecule has 20 heavy (non-hydrogen) atoms. The fourth-order valence-electron chi connectivity index (χ4n) is 1.50. The van der Waals surface area contributed by atoms with E-state index in [1.165, 1.54) is 0 Å². The summed E-state index contributed by atoms with van der Waals surface area (Å²) in [4.78, 5) is 15.2. The predicted octanol–water partition coefficient (Wildman–Crippen LogP) is 1.62. The number of carbonyl (C=O) groups excluding carboxylic acids is 1. The van der Waals surface area contributed by atoms with Crippen LogP contribution in [0.1, 0.15) is 23.0 Å². The van der Waals surface area contributed by atoms with Crippen molar-refractivity contribution in [1.29, 1.82) is 0 Å². The molecule has 1 aromatic rings. The van der Waals surface area contributed by atoms with Crippen molar-refractivity contribution < 1.29 is 32.2 Å². The molecule has 0 aromatic carbocycles. The van der Waals surface area contributed by atoms with Crippen LogP contribution in [0.4, 0.5) is 13.2 Å². The average molecular weight is 294 g/mol. The van der Waals surface area contributed by atoms with Crippen molar-refractivity contribution in [3.8, 4) is 11.5 Å². The maximum Gasteiger partial charge on any atom is 0.573 e. The van der Waals surface area contributed by atoms with Crippen LogP contribution in [0.5, 0.6) is 11.5 Å². The summed E-state index contributed by atoms with van der Waals surface area (Å²) in [6, 6.07) is 0. The number of esters is 1. The summed E-state index contributed by atoms with van der Waals surface area (Å²) in [7, 11) is 1.13. The second-order valence-electron chi connectivity index (χ2n) is 3.46. The van der Waals surface area contributed by atoms with Gasteiger partial charge >= 0.3 is 12.3 Å². The number of aromatic nitrogens is 1. The Hall–Kier alpha value is -2.03. The third-order valence-electron chi connectivity index (χ3n) is 2.20. The topological polar surface area (TPSA) is 83.7 Å². The van der Waals surface area contributed by atoms with Crippen molar-refractivity contribution in [2.75, 3.05) is 13.7 Å². The number of rotatable bonds is 5. The van der Waals surface area contributed by atoms with Crippen LogP contribution in [0.2, 0.25) is 0 Å². The van der Waals surface area contributed by atoms with Crippen LogP contribution < -0.4 is 15.2 Å². The highest BCUT2D eigenvalue weighted by Crippen LogP contribution is 2.35. The molecule has 0 atom stereocenters. The Bertz CT molecular complexity index is 491. The van der Waals surface area contributed by atoms with E-state index >= 15 is 0 Å². The van der Waals surface area contributed by atoms with E-state index in [9.17, 15) is 18.0 Å². The van der Waals surface area contributed by atoms with Crippen LogP contribution in [-0.4, -0.2) is 31.0 Å². The van der Waals surface area contributed by atoms with E-state index in [2.05, 4.69) is 9.72 Å². The van der Waals surface area contributed by atoms with Gasteiger partial charge in [-0.15, -0.1) is 13.2 Å². The lowest BCUT2D eigenvalue weighted by molar-refractivity contribution is -0.275. The summed E-state index contributed by atoms with van der Waals surface area (Å²) >= 11 is 0. The number of hydrogen-bond donors (Lipinski definition) is 1. The maximum atomic E-state index is 12.2. The summed E-state index contributed by atoms with van der Waals surface area (Å²) in [6.07, 6.45) is -4.18. The van der Waals surface area contributed by atoms with Gasteiger partial charge in [0.05, 0.1) is 19.9 Å². The second kappa shape index (κ2) is 6.42. The molecule has 0 saturated heterocycles. The average Bonchev–Trinajstić information content (AvgIpc) is 2.36. The first kappa shape index (κ1) is 16.0. The number of halogens is 3. The number of nitrogens with zero attached hydrogens (tertiary/aromatic N) is 1. The van der Waals surface area contributed by atoms with E-state index in [0.717, 1.165) is 13.3 Å². The van der Waals surface area contributed by atoms with E-state index in [-0.39, 0.29) is 30.2 Å². The molecule has 1 rings (SSSR count). The SMILES string of the molecule is CCOC(=O)c1ncc(OC(F)(F)F)c(OC)c1CN. The molecule has 0 amide bonds. The molecule has 0 aliphatic rings. The zero-order valence-corrected chi connectivity index (χ0v) is 10.8. The van der Waals surface area contributed by atoms with E-state index in [1.807, 2.05) is 0 Å². The zero-order chi connectivity index (χ0) is 15.3. The minimum absolute atomic E-state index is 0.0206. The fraction of sp³-hybridized carbons (Fsp3) is 0.455. The molecule has 0 spiro atoms. The Labute approximate surface area is 112 Å². The summed E-state index contributed by atoms with van der Waals surface area (Å²) in [5.41, 5.74) is 5.20. The Morgan fingerprint density at radius 2 is 2.10 bits per heavy atom. The van der Waals surface area contributed by atoms with Crippen molar-refractivity contribution in [2.24, 2.45) is 5.73 Å². The Morgan fingerprint density at radius 1 is 1.45 bits per heavy atom. The van der Waals surface area contributed by atoms with Crippen molar-refractivity contribution in [1.82, 2.24) is 4.98 Å². The minimum Gasteiger partial charge on any atom is -0.492 e. The Balaban J connectivity index is 3.29. The molecule has 1 heterocycles. The third kappa shape index (κ3) is 3.73. The molecule has 0 unspecified atom stereocenters. The lowest BCUT2D eigenvalue weighted by Crippen LogP contribution is -2.20. The number of alkyl halides is 3. The highest BCUT2D eigenvalue weighted by atomic mass is 19.4. The van der Waals surface area contributed by atoms with E-state index in [1.54, 1.807) is 6.92 Å². The van der Waals surface area contributed by atoms with Gasteiger partial charge in [0.2, 0.25) is 0 Å². The number of carbonyl (C=O) groups is 1. The number of methoxy groups -OCH3 is 1. The lowest BCUT2D eigenvalue weighted by Gasteiger charge is -2.16. The van der Waals surface area contributed by atoms with Gasteiger partial charge < -0.3 is 19.9 Å². The molecule has 0 radical (unpaired) electrons. The van der Waals surface area contributed by atoms with Crippen molar-refractivity contribution in [2.45, 2.75) is 19.8 Å². The van der Waals surface area contributed by atoms with E-state index < -0.39 is 18.1 Å². The molecular formula is C11H13F3N2O4. The summed E-state index contributed by atoms with van der Waals surface area (Å²) < 4.78 is 50.1. The first-order valence-electron chi connectivity index (χ1n) is 5.52. The third-order valence-corrected chi connectivity index (χ3v) is 2.20. The lowest BCUT2D eigenvalue weighted by atomic mass is 10.1. The van der Waals surface area contributed by atoms with Crippen molar-refractivity contribution >= 4 is 5.97 Å². The second-order valence-corrected chi connectivity index (χ2v) is 3.46. The first-order valence-corrected chi connectivity index (χ1v) is 5.52. The van der Waals surface area contributed by atoms with Gasteiger partial charge in [-0.3, -0.25) is 0 Å². The Kier molecular flexibility index (Phi) is 5.14. The summed E-state index contributed by atoms with van der Waals surface area (Å²) in [6.45, 7) is 1.41. The normalized spacial score (nSPS) is 11.1. The Morgan fingerprint density at radius 3 is 2.55 bits per heavy atom. The number of hydrogen-bond acceptors (Lipinski definition) is 6. The molecule has 0 aliphatic heterocycles. The molecule has 0 fully saturated rings. The summed E-state index contributed by atoms with van der Waals surface area (Å²) in [5, 5.41) is 0. The van der Waals surface area contributed by atoms with E-state index in [4.69, 9.17) is 15.2 Å². The van der Waals surface area contributed by atoms with Gasteiger partial charge in [-0.1, -0.05) is 0 Å². The predicted molar refractivity (Wildman–Crippen MR) is 61.3 cm³/mol. The molecule has 2 N–H and O–H groups in total. The number of ether oxygens (including phenoxy) is 3. The van der Waals surface area contributed by atoms with Crippen LogP contribution in [0.3, 0.4) is 0 Å². The zero-order valence-electron chi connectivity index (χ0n) is 10.8. The van der Waals surface area contributed by atoms with Crippen LogP contribution in [0.15, 0.2) is 6.20 Å². The molecular weight excluding hydrogens is 281 g/mol. The number of nitrogens with two attached hydrogens (primary N) is 1. The summed E-state index contributed by atoms with van der Waals surface area (Å²) in [5.74, 6) is -1.78. The molecule has 0 saturated carbocycles. The molecule has 1 aromatic heterocycles. The molecule has 9 heteroatoms. The smallest absolute Gasteiger partial charge is 0.492 e. The van der Waals surface area contributed by atoms with Crippen LogP contribution in [-0.2, 0) is 11.3 Å². The number of pyridine rings is 1. The van der Waals surface area contributed by atoms with Crippen LogP contribution >= 0.6 is 0 Å². The molecule has 0 bridgehead atoms. The van der Waals surface area contributed by atoms with Gasteiger partial charge in [0.25, 0.3) is 0 Å². The van der Waals surface area contributed by atoms with Crippen LogP contribution in [0, 0.1) is 0 Å². The molecule has 112 valence electrons. The monoisotopic (exact) mass is 294 g/mol. The quantitative estimate of drug-likeness (QED) is 0.831. The molecule has 0 aliphatic carbocycles. The minimum atomic E-state index is -4.91. The molecule has 6 nitrogen and oxygen atoms in total. The van der Waals surface area contributed by atoms with Gasteiger partial charge in [0.1, 0.15) is 0 Å². The highest BCUT2D eigenvalue weighted by Gasteiger charge is 2.34. The van der Waals surface area contributed by atoms with Crippen molar-refractivity contribution in [3.05, 3.63) is 17.5 Å². The van der Waals surface area contributed by atoms with Crippen molar-refractivity contribution in [3.63, 3.8) is 0 Å². The van der Waals surface area contributed by atoms with Gasteiger partial charge in [0.15, 0.2) is 17.2 Å². The van der Waals surface area contributed by atoms with Gasteiger partial charge in [-0.05, 0) is 6.92 Å². The maximum absolute atomic E-state index is 12.2. The van der Waals surface area contributed by atoms with Gasteiger partial charge in [-0.25, -0.2) is 9.78 Å². The largest absolute Gasteiger partial charge is 0.573 e. The van der Waals surface area contributed by atoms with Gasteiger partial charge in [-0.2, -0.15) is 0 Å². The van der Waals surface area contributed by atoms with Crippen LogP contribution in [0.25, 0.3) is 0 Å². The standard InChI is InChI=1S/C11H13F3N2O4/c1-3-19-10(17)8-6(4-15)9(18-2)7(5-16-8)20-11(12,13)14/h5H,3-4,15H2,1-2H3. The first-order chi connectivity index (χ1) is 9.34. The fourth-order valence-corrected chi connectivity index (χ4v) is 1.50.